The number of methoxy groups -OCH3 is 1. The van der Waals surface area contributed by atoms with E-state index in [1.165, 1.54) is 0 Å². The van der Waals surface area contributed by atoms with Gasteiger partial charge in [0.05, 0.1) is 11.8 Å². The lowest BCUT2D eigenvalue weighted by atomic mass is 10.1. The Bertz CT molecular complexity index is 730. The van der Waals surface area contributed by atoms with Gasteiger partial charge in [0.25, 0.3) is 0 Å². The van der Waals surface area contributed by atoms with E-state index >= 15 is 0 Å². The van der Waals surface area contributed by atoms with Gasteiger partial charge in [-0.1, -0.05) is 17.4 Å². The lowest BCUT2D eigenvalue weighted by Gasteiger charge is -2.36. The molecule has 1 N–H and O–H groups in total. The molecule has 0 atom stereocenters. The van der Waals surface area contributed by atoms with E-state index in [-0.39, 0.29) is 11.6 Å². The number of benzene rings is 1. The lowest BCUT2D eigenvalue weighted by molar-refractivity contribution is 0.185. The first-order chi connectivity index (χ1) is 11.4. The van der Waals surface area contributed by atoms with Gasteiger partial charge >= 0.3 is 6.03 Å². The molecule has 0 saturated carbocycles. The Hall–Kier alpha value is -2.02. The van der Waals surface area contributed by atoms with Crippen molar-refractivity contribution in [2.75, 3.05) is 38.2 Å². The summed E-state index contributed by atoms with van der Waals surface area (Å²) in [6, 6.07) is 5.98. The zero-order valence-electron chi connectivity index (χ0n) is 14.6. The van der Waals surface area contributed by atoms with E-state index in [1.807, 2.05) is 37.8 Å². The minimum Gasteiger partial charge on any atom is -0.494 e. The molecule has 1 aliphatic heterocycles. The highest BCUT2D eigenvalue weighted by atomic mass is 32.1. The number of urea groups is 1. The summed E-state index contributed by atoms with van der Waals surface area (Å²) in [4.78, 5) is 21.1. The maximum absolute atomic E-state index is 12.2. The fourth-order valence-corrected chi connectivity index (χ4v) is 3.75. The van der Waals surface area contributed by atoms with Gasteiger partial charge in [-0.25, -0.2) is 9.78 Å². The van der Waals surface area contributed by atoms with E-state index in [4.69, 9.17) is 9.72 Å². The number of rotatable bonds is 2. The van der Waals surface area contributed by atoms with Crippen molar-refractivity contribution < 1.29 is 9.53 Å². The van der Waals surface area contributed by atoms with Crippen LogP contribution in [0.4, 0.5) is 9.93 Å². The highest BCUT2D eigenvalue weighted by Gasteiger charge is 2.25. The lowest BCUT2D eigenvalue weighted by Crippen LogP contribution is -2.55. The van der Waals surface area contributed by atoms with Crippen LogP contribution in [-0.4, -0.2) is 54.7 Å². The number of fused-ring (bicyclic) bond motifs is 1. The largest absolute Gasteiger partial charge is 0.494 e. The number of piperazine rings is 1. The van der Waals surface area contributed by atoms with Crippen LogP contribution in [0.3, 0.4) is 0 Å². The first-order valence-corrected chi connectivity index (χ1v) is 8.94. The maximum Gasteiger partial charge on any atom is 0.317 e. The van der Waals surface area contributed by atoms with Crippen LogP contribution in [0.5, 0.6) is 5.75 Å². The van der Waals surface area contributed by atoms with Gasteiger partial charge in [-0.3, -0.25) is 0 Å². The molecule has 2 amide bonds. The van der Waals surface area contributed by atoms with Gasteiger partial charge in [0.2, 0.25) is 0 Å². The molecule has 0 aliphatic carbocycles. The molecule has 6 nitrogen and oxygen atoms in total. The van der Waals surface area contributed by atoms with Crippen LogP contribution in [0.2, 0.25) is 0 Å². The van der Waals surface area contributed by atoms with Gasteiger partial charge in [-0.2, -0.15) is 0 Å². The van der Waals surface area contributed by atoms with Crippen molar-refractivity contribution in [3.05, 3.63) is 18.2 Å². The molecular formula is C17H24N4O2S. The molecule has 2 heterocycles. The molecule has 1 aromatic carbocycles. The smallest absolute Gasteiger partial charge is 0.317 e. The average molecular weight is 348 g/mol. The van der Waals surface area contributed by atoms with E-state index in [2.05, 4.69) is 16.3 Å². The van der Waals surface area contributed by atoms with E-state index in [1.54, 1.807) is 18.4 Å². The van der Waals surface area contributed by atoms with Gasteiger partial charge < -0.3 is 19.9 Å². The molecule has 3 rings (SSSR count). The van der Waals surface area contributed by atoms with E-state index < -0.39 is 0 Å². The zero-order valence-corrected chi connectivity index (χ0v) is 15.4. The zero-order chi connectivity index (χ0) is 17.3. The Morgan fingerprint density at radius 1 is 1.25 bits per heavy atom. The van der Waals surface area contributed by atoms with E-state index in [0.717, 1.165) is 34.2 Å². The molecule has 130 valence electrons. The number of nitrogens with one attached hydrogen (secondary N) is 1. The first kappa shape index (κ1) is 16.8. The highest BCUT2D eigenvalue weighted by Crippen LogP contribution is 2.34. The normalized spacial score (nSPS) is 15.7. The molecular weight excluding hydrogens is 324 g/mol. The van der Waals surface area contributed by atoms with Crippen LogP contribution in [0.15, 0.2) is 18.2 Å². The molecule has 24 heavy (non-hydrogen) atoms. The topological polar surface area (TPSA) is 57.7 Å². The number of carbonyl (C=O) groups is 1. The maximum atomic E-state index is 12.2. The van der Waals surface area contributed by atoms with E-state index in [9.17, 15) is 4.79 Å². The Morgan fingerprint density at radius 3 is 2.58 bits per heavy atom. The number of hydrogen-bond donors (Lipinski definition) is 1. The van der Waals surface area contributed by atoms with Crippen molar-refractivity contribution in [2.24, 2.45) is 0 Å². The summed E-state index contributed by atoms with van der Waals surface area (Å²) in [6.07, 6.45) is 0. The number of ether oxygens (including phenoxy) is 1. The molecule has 0 unspecified atom stereocenters. The van der Waals surface area contributed by atoms with Crippen LogP contribution >= 0.6 is 11.3 Å². The summed E-state index contributed by atoms with van der Waals surface area (Å²) < 4.78 is 6.51. The monoisotopic (exact) mass is 348 g/mol. The number of hydrogen-bond acceptors (Lipinski definition) is 5. The SMILES string of the molecule is COc1cccc2sc(N3CCN(C(=O)NC(C)(C)C)CC3)nc12. The second-order valence-electron chi connectivity index (χ2n) is 6.96. The van der Waals surface area contributed by atoms with Gasteiger partial charge in [0, 0.05) is 31.7 Å². The Labute approximate surface area is 146 Å². The molecule has 0 spiro atoms. The van der Waals surface area contributed by atoms with Crippen molar-refractivity contribution in [3.8, 4) is 5.75 Å². The summed E-state index contributed by atoms with van der Waals surface area (Å²) in [5.74, 6) is 0.804. The third-order valence-electron chi connectivity index (χ3n) is 3.91. The van der Waals surface area contributed by atoms with Crippen molar-refractivity contribution in [3.63, 3.8) is 0 Å². The van der Waals surface area contributed by atoms with Crippen LogP contribution in [-0.2, 0) is 0 Å². The van der Waals surface area contributed by atoms with Gasteiger partial charge in [0.1, 0.15) is 11.3 Å². The van der Waals surface area contributed by atoms with Gasteiger partial charge in [-0.05, 0) is 32.9 Å². The van der Waals surface area contributed by atoms with Gasteiger partial charge in [-0.15, -0.1) is 0 Å². The molecule has 1 aromatic heterocycles. The number of amides is 2. The molecule has 1 fully saturated rings. The Morgan fingerprint density at radius 2 is 1.96 bits per heavy atom. The van der Waals surface area contributed by atoms with Crippen LogP contribution in [0.25, 0.3) is 10.2 Å². The summed E-state index contributed by atoms with van der Waals surface area (Å²) >= 11 is 1.67. The fourth-order valence-electron chi connectivity index (χ4n) is 2.71. The molecule has 7 heteroatoms. The van der Waals surface area contributed by atoms with Crippen LogP contribution in [0, 0.1) is 0 Å². The molecule has 0 radical (unpaired) electrons. The minimum absolute atomic E-state index is 0.00752. The highest BCUT2D eigenvalue weighted by molar-refractivity contribution is 7.22. The quantitative estimate of drug-likeness (QED) is 0.907. The third-order valence-corrected chi connectivity index (χ3v) is 4.99. The van der Waals surface area contributed by atoms with Crippen LogP contribution < -0.4 is 15.0 Å². The van der Waals surface area contributed by atoms with Crippen molar-refractivity contribution in [1.82, 2.24) is 15.2 Å². The summed E-state index contributed by atoms with van der Waals surface area (Å²) in [5.41, 5.74) is 0.700. The standard InChI is InChI=1S/C17H24N4O2S/c1-17(2,3)19-15(22)20-8-10-21(11-9-20)16-18-14-12(23-4)6-5-7-13(14)24-16/h5-7H,8-11H2,1-4H3,(H,19,22). The molecule has 0 bridgehead atoms. The molecule has 1 aliphatic rings. The minimum atomic E-state index is -0.211. The Balaban J connectivity index is 1.68. The van der Waals surface area contributed by atoms with Gasteiger partial charge in [0.15, 0.2) is 5.13 Å². The number of nitrogens with zero attached hydrogens (tertiary/aromatic N) is 3. The average Bonchev–Trinajstić information content (AvgIpc) is 2.97. The summed E-state index contributed by atoms with van der Waals surface area (Å²) in [5, 5.41) is 4.01. The second kappa shape index (κ2) is 6.47. The fraction of sp³-hybridized carbons (Fsp3) is 0.529. The summed E-state index contributed by atoms with van der Waals surface area (Å²) in [7, 11) is 1.67. The number of anilines is 1. The predicted octanol–water partition coefficient (Wildman–Crippen LogP) is 2.94. The number of aromatic nitrogens is 1. The summed E-state index contributed by atoms with van der Waals surface area (Å²) in [6.45, 7) is 8.98. The molecule has 2 aromatic rings. The van der Waals surface area contributed by atoms with Crippen LogP contribution in [0.1, 0.15) is 20.8 Å². The number of para-hydroxylation sites is 1. The van der Waals surface area contributed by atoms with Crippen molar-refractivity contribution >= 4 is 32.7 Å². The Kier molecular flexibility index (Phi) is 4.54. The van der Waals surface area contributed by atoms with E-state index in [0.29, 0.717) is 13.1 Å². The number of thiazole rings is 1. The second-order valence-corrected chi connectivity index (χ2v) is 7.97. The number of carbonyl (C=O) groups excluding carboxylic acids is 1. The third kappa shape index (κ3) is 3.56. The van der Waals surface area contributed by atoms with Crippen molar-refractivity contribution in [2.45, 2.75) is 26.3 Å². The predicted molar refractivity (Wildman–Crippen MR) is 98.2 cm³/mol. The molecule has 1 saturated heterocycles. The van der Waals surface area contributed by atoms with Crippen molar-refractivity contribution in [1.29, 1.82) is 0 Å². The first-order valence-electron chi connectivity index (χ1n) is 8.13.